The van der Waals surface area contributed by atoms with E-state index in [1.807, 2.05) is 18.9 Å². The van der Waals surface area contributed by atoms with Gasteiger partial charge >= 0.3 is 0 Å². The van der Waals surface area contributed by atoms with E-state index in [0.29, 0.717) is 11.4 Å². The van der Waals surface area contributed by atoms with Crippen molar-refractivity contribution >= 4 is 11.7 Å². The molecule has 0 bridgehead atoms. The minimum Gasteiger partial charge on any atom is -0.409 e. The van der Waals surface area contributed by atoms with Crippen LogP contribution in [0.2, 0.25) is 0 Å². The summed E-state index contributed by atoms with van der Waals surface area (Å²) in [6, 6.07) is 3.52. The Morgan fingerprint density at radius 3 is 3.00 bits per heavy atom. The zero-order valence-electron chi connectivity index (χ0n) is 8.31. The standard InChI is InChI=1S/C9H14N4O/c1-3-13(2)9-7(8(10)12-14)5-4-6-11-9/h4-6,14H,3H2,1-2H3,(H2,10,12). The molecule has 5 nitrogen and oxygen atoms in total. The van der Waals surface area contributed by atoms with Gasteiger partial charge in [-0.1, -0.05) is 5.16 Å². The average Bonchev–Trinajstić information content (AvgIpc) is 2.27. The molecule has 0 atom stereocenters. The maximum atomic E-state index is 8.58. The van der Waals surface area contributed by atoms with Crippen molar-refractivity contribution in [3.05, 3.63) is 23.9 Å². The second kappa shape index (κ2) is 4.45. The molecule has 0 radical (unpaired) electrons. The van der Waals surface area contributed by atoms with E-state index in [1.165, 1.54) is 0 Å². The maximum absolute atomic E-state index is 8.58. The molecule has 5 heteroatoms. The summed E-state index contributed by atoms with van der Waals surface area (Å²) in [5.74, 6) is 0.790. The predicted octanol–water partition coefficient (Wildman–Crippen LogP) is 0.632. The molecular weight excluding hydrogens is 180 g/mol. The predicted molar refractivity (Wildman–Crippen MR) is 55.7 cm³/mol. The second-order valence-corrected chi connectivity index (χ2v) is 2.87. The highest BCUT2D eigenvalue weighted by atomic mass is 16.4. The van der Waals surface area contributed by atoms with Gasteiger partial charge in [0, 0.05) is 19.8 Å². The first-order valence-electron chi connectivity index (χ1n) is 4.34. The molecule has 76 valence electrons. The molecule has 0 spiro atoms. The molecule has 0 aromatic carbocycles. The molecule has 0 aliphatic rings. The minimum absolute atomic E-state index is 0.0772. The lowest BCUT2D eigenvalue weighted by molar-refractivity contribution is 0.318. The Bertz CT molecular complexity index is 337. The van der Waals surface area contributed by atoms with Crippen molar-refractivity contribution in [2.24, 2.45) is 10.9 Å². The van der Waals surface area contributed by atoms with Gasteiger partial charge in [-0.05, 0) is 19.1 Å². The molecule has 1 heterocycles. The smallest absolute Gasteiger partial charge is 0.173 e. The summed E-state index contributed by atoms with van der Waals surface area (Å²) in [6.07, 6.45) is 1.68. The molecule has 0 saturated heterocycles. The van der Waals surface area contributed by atoms with Gasteiger partial charge in [-0.2, -0.15) is 0 Å². The Labute approximate surface area is 82.9 Å². The summed E-state index contributed by atoms with van der Waals surface area (Å²) >= 11 is 0. The Morgan fingerprint density at radius 2 is 2.43 bits per heavy atom. The number of nitrogens with zero attached hydrogens (tertiary/aromatic N) is 3. The van der Waals surface area contributed by atoms with Gasteiger partial charge in [0.2, 0.25) is 0 Å². The fourth-order valence-corrected chi connectivity index (χ4v) is 1.10. The number of oxime groups is 1. The zero-order chi connectivity index (χ0) is 10.6. The number of pyridine rings is 1. The molecule has 1 aromatic rings. The first-order chi connectivity index (χ1) is 6.70. The number of hydrogen-bond acceptors (Lipinski definition) is 4. The third kappa shape index (κ3) is 1.93. The van der Waals surface area contributed by atoms with E-state index in [2.05, 4.69) is 10.1 Å². The van der Waals surface area contributed by atoms with Crippen molar-refractivity contribution in [3.63, 3.8) is 0 Å². The van der Waals surface area contributed by atoms with Gasteiger partial charge in [0.15, 0.2) is 5.84 Å². The van der Waals surface area contributed by atoms with Crippen molar-refractivity contribution in [1.29, 1.82) is 0 Å². The van der Waals surface area contributed by atoms with Crippen LogP contribution in [-0.2, 0) is 0 Å². The maximum Gasteiger partial charge on any atom is 0.173 e. The SMILES string of the molecule is CCN(C)c1ncccc1/C(N)=N/O. The summed E-state index contributed by atoms with van der Waals surface area (Å²) in [5, 5.41) is 11.5. The van der Waals surface area contributed by atoms with Crippen molar-refractivity contribution in [2.75, 3.05) is 18.5 Å². The van der Waals surface area contributed by atoms with Crippen molar-refractivity contribution in [3.8, 4) is 0 Å². The van der Waals surface area contributed by atoms with Crippen LogP contribution in [0.25, 0.3) is 0 Å². The van der Waals surface area contributed by atoms with Crippen LogP contribution in [0.5, 0.6) is 0 Å². The highest BCUT2D eigenvalue weighted by molar-refractivity contribution is 6.01. The molecule has 1 rings (SSSR count). The van der Waals surface area contributed by atoms with Crippen molar-refractivity contribution in [1.82, 2.24) is 4.98 Å². The first-order valence-corrected chi connectivity index (χ1v) is 4.34. The van der Waals surface area contributed by atoms with E-state index < -0.39 is 0 Å². The third-order valence-electron chi connectivity index (χ3n) is 2.01. The van der Waals surface area contributed by atoms with Crippen LogP contribution < -0.4 is 10.6 Å². The number of anilines is 1. The number of aromatic nitrogens is 1. The number of hydrogen-bond donors (Lipinski definition) is 2. The van der Waals surface area contributed by atoms with Crippen LogP contribution in [0.1, 0.15) is 12.5 Å². The largest absolute Gasteiger partial charge is 0.409 e. The fourth-order valence-electron chi connectivity index (χ4n) is 1.10. The van der Waals surface area contributed by atoms with Gasteiger partial charge in [0.1, 0.15) is 5.82 Å². The molecule has 0 fully saturated rings. The molecule has 0 aliphatic carbocycles. The first kappa shape index (κ1) is 10.3. The monoisotopic (exact) mass is 194 g/mol. The highest BCUT2D eigenvalue weighted by Crippen LogP contribution is 2.14. The van der Waals surface area contributed by atoms with E-state index in [9.17, 15) is 0 Å². The van der Waals surface area contributed by atoms with E-state index in [1.54, 1.807) is 18.3 Å². The lowest BCUT2D eigenvalue weighted by atomic mass is 10.2. The Kier molecular flexibility index (Phi) is 3.28. The summed E-state index contributed by atoms with van der Waals surface area (Å²) in [5.41, 5.74) is 6.16. The summed E-state index contributed by atoms with van der Waals surface area (Å²) < 4.78 is 0. The molecule has 0 saturated carbocycles. The van der Waals surface area contributed by atoms with Crippen LogP contribution in [0, 0.1) is 0 Å². The lowest BCUT2D eigenvalue weighted by Gasteiger charge is -2.18. The number of rotatable bonds is 3. The molecule has 0 unspecified atom stereocenters. The molecule has 14 heavy (non-hydrogen) atoms. The summed E-state index contributed by atoms with van der Waals surface area (Å²) in [4.78, 5) is 6.10. The van der Waals surface area contributed by atoms with Crippen molar-refractivity contribution < 1.29 is 5.21 Å². The fraction of sp³-hybridized carbons (Fsp3) is 0.333. The van der Waals surface area contributed by atoms with E-state index in [4.69, 9.17) is 10.9 Å². The van der Waals surface area contributed by atoms with Gasteiger partial charge in [-0.3, -0.25) is 0 Å². The minimum atomic E-state index is 0.0772. The number of amidine groups is 1. The van der Waals surface area contributed by atoms with Crippen LogP contribution in [0.3, 0.4) is 0 Å². The lowest BCUT2D eigenvalue weighted by Crippen LogP contribution is -2.23. The van der Waals surface area contributed by atoms with E-state index in [-0.39, 0.29) is 5.84 Å². The van der Waals surface area contributed by atoms with E-state index in [0.717, 1.165) is 6.54 Å². The molecule has 0 amide bonds. The van der Waals surface area contributed by atoms with Gasteiger partial charge in [-0.25, -0.2) is 4.98 Å². The summed E-state index contributed by atoms with van der Waals surface area (Å²) in [6.45, 7) is 2.81. The average molecular weight is 194 g/mol. The quantitative estimate of drug-likeness (QED) is 0.320. The third-order valence-corrected chi connectivity index (χ3v) is 2.01. The van der Waals surface area contributed by atoms with Crippen LogP contribution in [0.4, 0.5) is 5.82 Å². The topological polar surface area (TPSA) is 74.7 Å². The Balaban J connectivity index is 3.16. The highest BCUT2D eigenvalue weighted by Gasteiger charge is 2.10. The van der Waals surface area contributed by atoms with Gasteiger partial charge in [0.05, 0.1) is 5.56 Å². The van der Waals surface area contributed by atoms with Gasteiger partial charge in [0.25, 0.3) is 0 Å². The zero-order valence-corrected chi connectivity index (χ0v) is 8.31. The van der Waals surface area contributed by atoms with Crippen LogP contribution in [0.15, 0.2) is 23.5 Å². The molecule has 3 N–H and O–H groups in total. The van der Waals surface area contributed by atoms with Crippen LogP contribution in [-0.4, -0.2) is 29.6 Å². The van der Waals surface area contributed by atoms with Crippen LogP contribution >= 0.6 is 0 Å². The summed E-state index contributed by atoms with van der Waals surface area (Å²) in [7, 11) is 1.90. The second-order valence-electron chi connectivity index (χ2n) is 2.87. The van der Waals surface area contributed by atoms with E-state index >= 15 is 0 Å². The molecule has 1 aromatic heterocycles. The van der Waals surface area contributed by atoms with Crippen molar-refractivity contribution in [2.45, 2.75) is 6.92 Å². The molecule has 0 aliphatic heterocycles. The Hall–Kier alpha value is -1.78. The number of nitrogens with two attached hydrogens (primary N) is 1. The Morgan fingerprint density at radius 1 is 1.71 bits per heavy atom. The molecular formula is C9H14N4O. The van der Waals surface area contributed by atoms with Gasteiger partial charge < -0.3 is 15.8 Å². The normalized spacial score (nSPS) is 11.4. The van der Waals surface area contributed by atoms with Gasteiger partial charge in [-0.15, -0.1) is 0 Å².